The van der Waals surface area contributed by atoms with Gasteiger partial charge in [0, 0.05) is 0 Å². The standard InChI is InChI=1S/C11H20N2O3/c1-2-8(11(15)16)13-10(14)9-6-4-3-5-7-12-9/h8-9,12H,2-7H2,1H3,(H,13,14)(H,15,16). The quantitative estimate of drug-likeness (QED) is 0.654. The summed E-state index contributed by atoms with van der Waals surface area (Å²) in [5.41, 5.74) is 0. The van der Waals surface area contributed by atoms with Gasteiger partial charge >= 0.3 is 5.97 Å². The van der Waals surface area contributed by atoms with E-state index in [2.05, 4.69) is 10.6 Å². The average molecular weight is 228 g/mol. The van der Waals surface area contributed by atoms with Crippen LogP contribution in [0.2, 0.25) is 0 Å². The van der Waals surface area contributed by atoms with Crippen LogP contribution in [0.1, 0.15) is 39.0 Å². The van der Waals surface area contributed by atoms with Crippen molar-refractivity contribution in [3.05, 3.63) is 0 Å². The monoisotopic (exact) mass is 228 g/mol. The predicted molar refractivity (Wildman–Crippen MR) is 60.1 cm³/mol. The molecule has 1 aliphatic rings. The van der Waals surface area contributed by atoms with Gasteiger partial charge < -0.3 is 15.7 Å². The van der Waals surface area contributed by atoms with Crippen LogP contribution >= 0.6 is 0 Å². The molecule has 2 atom stereocenters. The van der Waals surface area contributed by atoms with Crippen LogP contribution in [0, 0.1) is 0 Å². The van der Waals surface area contributed by atoms with Crippen LogP contribution in [-0.2, 0) is 9.59 Å². The topological polar surface area (TPSA) is 78.4 Å². The SMILES string of the molecule is CCC(NC(=O)C1CCCCCN1)C(=O)O. The first-order chi connectivity index (χ1) is 7.65. The Bertz CT molecular complexity index is 248. The summed E-state index contributed by atoms with van der Waals surface area (Å²) in [6.45, 7) is 2.58. The lowest BCUT2D eigenvalue weighted by atomic mass is 10.1. The Hall–Kier alpha value is -1.10. The van der Waals surface area contributed by atoms with Gasteiger partial charge in [-0.1, -0.05) is 19.8 Å². The van der Waals surface area contributed by atoms with E-state index >= 15 is 0 Å². The molecule has 1 amide bonds. The van der Waals surface area contributed by atoms with Crippen LogP contribution in [0.25, 0.3) is 0 Å². The molecule has 0 bridgehead atoms. The molecule has 0 aromatic heterocycles. The van der Waals surface area contributed by atoms with Crippen LogP contribution in [0.4, 0.5) is 0 Å². The van der Waals surface area contributed by atoms with Crippen molar-refractivity contribution in [2.75, 3.05) is 6.54 Å². The molecular formula is C11H20N2O3. The molecule has 1 rings (SSSR count). The number of amides is 1. The Morgan fingerprint density at radius 2 is 2.19 bits per heavy atom. The zero-order chi connectivity index (χ0) is 12.0. The molecule has 0 aromatic carbocycles. The van der Waals surface area contributed by atoms with Crippen LogP contribution in [0.3, 0.4) is 0 Å². The molecule has 0 aromatic rings. The van der Waals surface area contributed by atoms with Gasteiger partial charge in [0.2, 0.25) is 5.91 Å². The average Bonchev–Trinajstić information content (AvgIpc) is 2.53. The largest absolute Gasteiger partial charge is 0.480 e. The highest BCUT2D eigenvalue weighted by Crippen LogP contribution is 2.08. The summed E-state index contributed by atoms with van der Waals surface area (Å²) in [4.78, 5) is 22.6. The van der Waals surface area contributed by atoms with E-state index in [1.54, 1.807) is 6.92 Å². The van der Waals surface area contributed by atoms with Gasteiger partial charge in [-0.15, -0.1) is 0 Å². The van der Waals surface area contributed by atoms with Crippen LogP contribution in [0.5, 0.6) is 0 Å². The van der Waals surface area contributed by atoms with Gasteiger partial charge in [-0.2, -0.15) is 0 Å². The Balaban J connectivity index is 2.46. The van der Waals surface area contributed by atoms with Gasteiger partial charge in [0.1, 0.15) is 6.04 Å². The van der Waals surface area contributed by atoms with E-state index in [1.807, 2.05) is 0 Å². The molecule has 5 nitrogen and oxygen atoms in total. The molecule has 2 unspecified atom stereocenters. The van der Waals surface area contributed by atoms with E-state index in [4.69, 9.17) is 5.11 Å². The molecule has 5 heteroatoms. The summed E-state index contributed by atoms with van der Waals surface area (Å²) in [7, 11) is 0. The number of carboxylic acids is 1. The lowest BCUT2D eigenvalue weighted by Gasteiger charge is -2.18. The number of carboxylic acid groups (broad SMARTS) is 1. The molecule has 1 aliphatic heterocycles. The highest BCUT2D eigenvalue weighted by molar-refractivity contribution is 5.86. The lowest BCUT2D eigenvalue weighted by molar-refractivity contribution is -0.142. The molecule has 0 saturated carbocycles. The maximum atomic E-state index is 11.8. The molecule has 16 heavy (non-hydrogen) atoms. The van der Waals surface area contributed by atoms with Crippen LogP contribution < -0.4 is 10.6 Å². The zero-order valence-electron chi connectivity index (χ0n) is 9.66. The van der Waals surface area contributed by atoms with Gasteiger partial charge in [0.15, 0.2) is 0 Å². The van der Waals surface area contributed by atoms with E-state index in [1.165, 1.54) is 0 Å². The van der Waals surface area contributed by atoms with E-state index in [0.29, 0.717) is 6.42 Å². The summed E-state index contributed by atoms with van der Waals surface area (Å²) in [6.07, 6.45) is 4.44. The Morgan fingerprint density at radius 3 is 2.81 bits per heavy atom. The van der Waals surface area contributed by atoms with Crippen molar-refractivity contribution in [2.24, 2.45) is 0 Å². The van der Waals surface area contributed by atoms with Crippen molar-refractivity contribution in [1.29, 1.82) is 0 Å². The first kappa shape index (κ1) is 13.0. The smallest absolute Gasteiger partial charge is 0.326 e. The van der Waals surface area contributed by atoms with Crippen molar-refractivity contribution in [3.63, 3.8) is 0 Å². The zero-order valence-corrected chi connectivity index (χ0v) is 9.66. The van der Waals surface area contributed by atoms with E-state index in [-0.39, 0.29) is 11.9 Å². The highest BCUT2D eigenvalue weighted by Gasteiger charge is 2.24. The van der Waals surface area contributed by atoms with E-state index in [0.717, 1.165) is 32.2 Å². The fraction of sp³-hybridized carbons (Fsp3) is 0.818. The molecular weight excluding hydrogens is 208 g/mol. The lowest BCUT2D eigenvalue weighted by Crippen LogP contribution is -2.49. The van der Waals surface area contributed by atoms with Gasteiger partial charge in [-0.3, -0.25) is 4.79 Å². The normalized spacial score (nSPS) is 23.2. The number of aliphatic carboxylic acids is 1. The Morgan fingerprint density at radius 1 is 1.44 bits per heavy atom. The minimum absolute atomic E-state index is 0.184. The number of nitrogens with one attached hydrogen (secondary N) is 2. The van der Waals surface area contributed by atoms with Gasteiger partial charge in [-0.25, -0.2) is 4.79 Å². The van der Waals surface area contributed by atoms with Crippen molar-refractivity contribution in [3.8, 4) is 0 Å². The highest BCUT2D eigenvalue weighted by atomic mass is 16.4. The van der Waals surface area contributed by atoms with Crippen molar-refractivity contribution < 1.29 is 14.7 Å². The van der Waals surface area contributed by atoms with Crippen LogP contribution in [-0.4, -0.2) is 35.6 Å². The third kappa shape index (κ3) is 3.81. The second-order valence-electron chi connectivity index (χ2n) is 4.16. The molecule has 3 N–H and O–H groups in total. The molecule has 1 heterocycles. The Labute approximate surface area is 95.6 Å². The first-order valence-electron chi connectivity index (χ1n) is 5.91. The first-order valence-corrected chi connectivity index (χ1v) is 5.91. The Kier molecular flexibility index (Phi) is 5.25. The minimum atomic E-state index is -0.968. The maximum absolute atomic E-state index is 11.8. The molecule has 1 saturated heterocycles. The third-order valence-electron chi connectivity index (χ3n) is 2.90. The van der Waals surface area contributed by atoms with Crippen molar-refractivity contribution in [1.82, 2.24) is 10.6 Å². The van der Waals surface area contributed by atoms with Gasteiger partial charge in [0.05, 0.1) is 6.04 Å². The summed E-state index contributed by atoms with van der Waals surface area (Å²) in [5.74, 6) is -1.15. The molecule has 1 fully saturated rings. The van der Waals surface area contributed by atoms with E-state index < -0.39 is 12.0 Å². The van der Waals surface area contributed by atoms with Crippen molar-refractivity contribution in [2.45, 2.75) is 51.1 Å². The molecule has 92 valence electrons. The summed E-state index contributed by atoms with van der Waals surface area (Å²) >= 11 is 0. The predicted octanol–water partition coefficient (Wildman–Crippen LogP) is 0.498. The number of hydrogen-bond donors (Lipinski definition) is 3. The fourth-order valence-corrected chi connectivity index (χ4v) is 1.86. The molecule has 0 radical (unpaired) electrons. The number of carbonyl (C=O) groups is 2. The second kappa shape index (κ2) is 6.48. The van der Waals surface area contributed by atoms with Gasteiger partial charge in [-0.05, 0) is 25.8 Å². The van der Waals surface area contributed by atoms with Crippen LogP contribution in [0.15, 0.2) is 0 Å². The summed E-state index contributed by atoms with van der Waals surface area (Å²) in [5, 5.41) is 14.5. The number of carbonyl (C=O) groups excluding carboxylic acids is 1. The van der Waals surface area contributed by atoms with E-state index in [9.17, 15) is 9.59 Å². The summed E-state index contributed by atoms with van der Waals surface area (Å²) in [6, 6.07) is -0.992. The fourth-order valence-electron chi connectivity index (χ4n) is 1.86. The summed E-state index contributed by atoms with van der Waals surface area (Å²) < 4.78 is 0. The number of rotatable bonds is 4. The number of hydrogen-bond acceptors (Lipinski definition) is 3. The minimum Gasteiger partial charge on any atom is -0.480 e. The maximum Gasteiger partial charge on any atom is 0.326 e. The third-order valence-corrected chi connectivity index (χ3v) is 2.90. The molecule has 0 spiro atoms. The molecule has 0 aliphatic carbocycles. The van der Waals surface area contributed by atoms with Gasteiger partial charge in [0.25, 0.3) is 0 Å². The second-order valence-corrected chi connectivity index (χ2v) is 4.16. The van der Waals surface area contributed by atoms with Crippen molar-refractivity contribution >= 4 is 11.9 Å².